The molecule has 2 aliphatic rings. The second-order valence-electron chi connectivity index (χ2n) is 4.91. The van der Waals surface area contributed by atoms with Gasteiger partial charge in [0.25, 0.3) is 0 Å². The number of rotatable bonds is 5. The third-order valence-electron chi connectivity index (χ3n) is 3.44. The molecular weight excluding hydrogens is 236 g/mol. The first kappa shape index (κ1) is 13.8. The lowest BCUT2D eigenvalue weighted by Crippen LogP contribution is -2.29. The van der Waals surface area contributed by atoms with Crippen LogP contribution in [0.2, 0.25) is 0 Å². The van der Waals surface area contributed by atoms with E-state index in [4.69, 9.17) is 0 Å². The molecule has 1 aliphatic carbocycles. The first-order valence-corrected chi connectivity index (χ1v) is 7.02. The van der Waals surface area contributed by atoms with Crippen LogP contribution in [0.3, 0.4) is 0 Å². The van der Waals surface area contributed by atoms with Gasteiger partial charge in [-0.3, -0.25) is 4.79 Å². The summed E-state index contributed by atoms with van der Waals surface area (Å²) in [5.74, 6) is 0.232. The zero-order chi connectivity index (χ0) is 13.5. The summed E-state index contributed by atoms with van der Waals surface area (Å²) in [6.07, 6.45) is 16.1. The van der Waals surface area contributed by atoms with Gasteiger partial charge in [0.2, 0.25) is 0 Å². The van der Waals surface area contributed by atoms with Gasteiger partial charge < -0.3 is 10.6 Å². The molecule has 0 bridgehead atoms. The first-order valence-electron chi connectivity index (χ1n) is 7.02. The second-order valence-corrected chi connectivity index (χ2v) is 4.91. The number of ketones is 1. The molecule has 19 heavy (non-hydrogen) atoms. The Morgan fingerprint density at radius 3 is 3.00 bits per heavy atom. The zero-order valence-corrected chi connectivity index (χ0v) is 11.5. The summed E-state index contributed by atoms with van der Waals surface area (Å²) in [5.41, 5.74) is 1.80. The topological polar surface area (TPSA) is 41.1 Å². The lowest BCUT2D eigenvalue weighted by Gasteiger charge is -2.10. The van der Waals surface area contributed by atoms with Crippen molar-refractivity contribution in [3.05, 3.63) is 47.7 Å². The van der Waals surface area contributed by atoms with Crippen LogP contribution in [0.15, 0.2) is 47.7 Å². The monoisotopic (exact) mass is 258 g/mol. The fraction of sp³-hybridized carbons (Fsp3) is 0.438. The summed E-state index contributed by atoms with van der Waals surface area (Å²) in [6, 6.07) is -0.0421. The van der Waals surface area contributed by atoms with Crippen molar-refractivity contribution in [2.45, 2.75) is 31.7 Å². The van der Waals surface area contributed by atoms with Crippen LogP contribution in [0.4, 0.5) is 0 Å². The van der Waals surface area contributed by atoms with Crippen LogP contribution in [0.5, 0.6) is 0 Å². The lowest BCUT2D eigenvalue weighted by atomic mass is 10.0. The maximum Gasteiger partial charge on any atom is 0.187 e. The molecule has 0 saturated carbocycles. The Morgan fingerprint density at radius 1 is 1.26 bits per heavy atom. The molecule has 0 radical (unpaired) electrons. The van der Waals surface area contributed by atoms with Crippen LogP contribution in [0.25, 0.3) is 0 Å². The van der Waals surface area contributed by atoms with Crippen molar-refractivity contribution in [1.82, 2.24) is 10.6 Å². The van der Waals surface area contributed by atoms with Gasteiger partial charge in [-0.15, -0.1) is 0 Å². The molecule has 1 heterocycles. The van der Waals surface area contributed by atoms with E-state index in [1.165, 1.54) is 0 Å². The van der Waals surface area contributed by atoms with Gasteiger partial charge in [0.05, 0.1) is 6.04 Å². The van der Waals surface area contributed by atoms with E-state index in [2.05, 4.69) is 22.8 Å². The van der Waals surface area contributed by atoms with E-state index in [0.29, 0.717) is 0 Å². The quantitative estimate of drug-likeness (QED) is 0.743. The van der Waals surface area contributed by atoms with Gasteiger partial charge in [0.1, 0.15) is 0 Å². The molecule has 102 valence electrons. The summed E-state index contributed by atoms with van der Waals surface area (Å²) in [7, 11) is 1.96. The standard InChI is InChI=1S/C16H22N2O/c1-17-12-8-7-11-15-16(19)13-9-5-3-2-4-6-10-14(13)18-15/h2-3,5-6,9-10,15,17-18H,4,7-8,11-12H2,1H3/b3-2-,9-5?,10-6-. The van der Waals surface area contributed by atoms with Crippen LogP contribution < -0.4 is 10.6 Å². The number of unbranched alkanes of at least 4 members (excludes halogenated alkanes) is 1. The number of hydrogen-bond acceptors (Lipinski definition) is 3. The second kappa shape index (κ2) is 7.10. The molecule has 1 aliphatic heterocycles. The highest BCUT2D eigenvalue weighted by molar-refractivity contribution is 6.05. The Hall–Kier alpha value is -1.61. The number of carbonyl (C=O) groups is 1. The summed E-state index contributed by atoms with van der Waals surface area (Å²) in [5, 5.41) is 6.49. The van der Waals surface area contributed by atoms with Crippen molar-refractivity contribution in [2.24, 2.45) is 0 Å². The van der Waals surface area contributed by atoms with E-state index in [1.54, 1.807) is 0 Å². The van der Waals surface area contributed by atoms with Gasteiger partial charge in [-0.25, -0.2) is 0 Å². The third kappa shape index (κ3) is 3.67. The summed E-state index contributed by atoms with van der Waals surface area (Å²) < 4.78 is 0. The minimum atomic E-state index is -0.0421. The van der Waals surface area contributed by atoms with Crippen LogP contribution in [0.1, 0.15) is 25.7 Å². The summed E-state index contributed by atoms with van der Waals surface area (Å²) in [6.45, 7) is 1.01. The first-order chi connectivity index (χ1) is 9.33. The molecular formula is C16H22N2O. The highest BCUT2D eigenvalue weighted by Crippen LogP contribution is 2.21. The maximum absolute atomic E-state index is 12.3. The highest BCUT2D eigenvalue weighted by atomic mass is 16.1. The van der Waals surface area contributed by atoms with Crippen molar-refractivity contribution in [3.8, 4) is 0 Å². The number of nitrogens with one attached hydrogen (secondary N) is 2. The summed E-state index contributed by atoms with van der Waals surface area (Å²) in [4.78, 5) is 12.3. The molecule has 1 unspecified atom stereocenters. The average molecular weight is 258 g/mol. The number of hydrogen-bond donors (Lipinski definition) is 2. The molecule has 3 nitrogen and oxygen atoms in total. The summed E-state index contributed by atoms with van der Waals surface area (Å²) >= 11 is 0. The van der Waals surface area contributed by atoms with E-state index < -0.39 is 0 Å². The van der Waals surface area contributed by atoms with Crippen LogP contribution in [-0.4, -0.2) is 25.4 Å². The number of carbonyl (C=O) groups excluding carboxylic acids is 1. The van der Waals surface area contributed by atoms with Crippen molar-refractivity contribution in [3.63, 3.8) is 0 Å². The normalized spacial score (nSPS) is 25.3. The van der Waals surface area contributed by atoms with E-state index in [1.807, 2.05) is 31.4 Å². The van der Waals surface area contributed by atoms with Crippen LogP contribution in [-0.2, 0) is 4.79 Å². The Morgan fingerprint density at radius 2 is 2.16 bits per heavy atom. The van der Waals surface area contributed by atoms with Crippen molar-refractivity contribution >= 4 is 5.78 Å². The largest absolute Gasteiger partial charge is 0.374 e. The van der Waals surface area contributed by atoms with E-state index in [9.17, 15) is 4.79 Å². The predicted molar refractivity (Wildman–Crippen MR) is 78.8 cm³/mol. The lowest BCUT2D eigenvalue weighted by molar-refractivity contribution is -0.116. The Balaban J connectivity index is 1.98. The van der Waals surface area contributed by atoms with Gasteiger partial charge in [-0.2, -0.15) is 0 Å². The molecule has 0 saturated heterocycles. The smallest absolute Gasteiger partial charge is 0.187 e. The Bertz CT molecular complexity index is 444. The fourth-order valence-electron chi connectivity index (χ4n) is 2.39. The Labute approximate surface area is 115 Å². The van der Waals surface area contributed by atoms with Gasteiger partial charge in [-0.05, 0) is 51.4 Å². The maximum atomic E-state index is 12.3. The molecule has 0 aromatic rings. The minimum absolute atomic E-state index is 0.0421. The molecule has 0 fully saturated rings. The van der Waals surface area contributed by atoms with Crippen LogP contribution >= 0.6 is 0 Å². The molecule has 0 spiro atoms. The predicted octanol–water partition coefficient (Wildman–Crippen LogP) is 2.24. The van der Waals surface area contributed by atoms with Crippen LogP contribution in [0, 0.1) is 0 Å². The van der Waals surface area contributed by atoms with Gasteiger partial charge in [0.15, 0.2) is 5.78 Å². The SMILES string of the molecule is CNCCCCC1NC2=C(C=C/C=C\C/C=C\2)C1=O. The molecule has 2 N–H and O–H groups in total. The third-order valence-corrected chi connectivity index (χ3v) is 3.44. The van der Waals surface area contributed by atoms with Crippen molar-refractivity contribution < 1.29 is 4.79 Å². The minimum Gasteiger partial charge on any atom is -0.374 e. The molecule has 0 aromatic heterocycles. The van der Waals surface area contributed by atoms with E-state index >= 15 is 0 Å². The number of Topliss-reactive ketones (excluding diaryl/α,β-unsaturated/α-hetero) is 1. The highest BCUT2D eigenvalue weighted by Gasteiger charge is 2.29. The van der Waals surface area contributed by atoms with Crippen molar-refractivity contribution in [1.29, 1.82) is 0 Å². The molecule has 3 heteroatoms. The fourth-order valence-corrected chi connectivity index (χ4v) is 2.39. The molecule has 2 rings (SSSR count). The zero-order valence-electron chi connectivity index (χ0n) is 11.5. The van der Waals surface area contributed by atoms with E-state index in [0.717, 1.165) is 43.5 Å². The number of allylic oxidation sites excluding steroid dienone is 6. The Kier molecular flexibility index (Phi) is 5.16. The van der Waals surface area contributed by atoms with Gasteiger partial charge in [0, 0.05) is 11.3 Å². The van der Waals surface area contributed by atoms with Gasteiger partial charge in [-0.1, -0.05) is 24.3 Å². The van der Waals surface area contributed by atoms with Crippen molar-refractivity contribution in [2.75, 3.05) is 13.6 Å². The average Bonchev–Trinajstić information content (AvgIpc) is 2.76. The molecule has 0 aromatic carbocycles. The van der Waals surface area contributed by atoms with E-state index in [-0.39, 0.29) is 11.8 Å². The molecule has 0 amide bonds. The van der Waals surface area contributed by atoms with Gasteiger partial charge >= 0.3 is 0 Å². The molecule has 1 atom stereocenters.